The number of carbonyl (C=O) groups excluding carboxylic acids is 2. The largest absolute Gasteiger partial charge is 0.480 e. The van der Waals surface area contributed by atoms with Gasteiger partial charge in [0.2, 0.25) is 11.8 Å². The minimum Gasteiger partial charge on any atom is -0.480 e. The Morgan fingerprint density at radius 2 is 1.45 bits per heavy atom. The van der Waals surface area contributed by atoms with Crippen molar-refractivity contribution >= 4 is 35.6 Å². The van der Waals surface area contributed by atoms with Crippen molar-refractivity contribution < 1.29 is 19.5 Å². The van der Waals surface area contributed by atoms with Gasteiger partial charge in [0.1, 0.15) is 5.54 Å². The van der Waals surface area contributed by atoms with Crippen LogP contribution in [0.4, 0.5) is 5.69 Å². The van der Waals surface area contributed by atoms with Gasteiger partial charge >= 0.3 is 5.97 Å². The molecule has 6 nitrogen and oxygen atoms in total. The van der Waals surface area contributed by atoms with Gasteiger partial charge in [-0.25, -0.2) is 4.90 Å². The molecule has 2 saturated heterocycles. The van der Waals surface area contributed by atoms with E-state index in [-0.39, 0.29) is 17.7 Å². The van der Waals surface area contributed by atoms with Crippen LogP contribution in [-0.4, -0.2) is 28.4 Å². The summed E-state index contributed by atoms with van der Waals surface area (Å²) >= 11 is 0. The van der Waals surface area contributed by atoms with E-state index < -0.39 is 29.4 Å². The summed E-state index contributed by atoms with van der Waals surface area (Å²) in [6.07, 6.45) is 11.0. The summed E-state index contributed by atoms with van der Waals surface area (Å²) in [6, 6.07) is 23.3. The second-order valence-electron chi connectivity index (χ2n) is 12.7. The Hall–Kier alpha value is -4.03. The van der Waals surface area contributed by atoms with E-state index in [0.717, 1.165) is 59.9 Å². The molecule has 4 unspecified atom stereocenters. The molecule has 44 heavy (non-hydrogen) atoms. The van der Waals surface area contributed by atoms with Crippen molar-refractivity contribution in [1.29, 1.82) is 0 Å². The molecule has 3 fully saturated rings. The summed E-state index contributed by atoms with van der Waals surface area (Å²) in [5.41, 5.74) is 3.92. The van der Waals surface area contributed by atoms with Gasteiger partial charge in [0.05, 0.1) is 17.5 Å². The maximum Gasteiger partial charge on any atom is 0.324 e. The van der Waals surface area contributed by atoms with Gasteiger partial charge in [-0.2, -0.15) is 0 Å². The Balaban J connectivity index is 1.41. The molecule has 2 N–H and O–H groups in total. The summed E-state index contributed by atoms with van der Waals surface area (Å²) in [6.45, 7) is 4.04. The number of fused-ring (bicyclic) bond motifs is 1. The second-order valence-corrected chi connectivity index (χ2v) is 12.7. The number of hydrogen-bond donors (Lipinski definition) is 2. The summed E-state index contributed by atoms with van der Waals surface area (Å²) in [4.78, 5) is 43.8. The van der Waals surface area contributed by atoms with E-state index >= 15 is 0 Å². The number of nitrogens with zero attached hydrogens (tertiary/aromatic N) is 1. The zero-order valence-corrected chi connectivity index (χ0v) is 25.7. The molecule has 3 aromatic rings. The molecule has 0 spiro atoms. The van der Waals surface area contributed by atoms with E-state index in [9.17, 15) is 19.5 Å². The van der Waals surface area contributed by atoms with Gasteiger partial charge in [0.25, 0.3) is 0 Å². The average Bonchev–Trinajstić information content (AvgIpc) is 3.53. The van der Waals surface area contributed by atoms with Gasteiger partial charge < -0.3 is 5.11 Å². The molecule has 228 valence electrons. The number of rotatable bonds is 9. The molecular formula is C38H42N2O4. The highest BCUT2D eigenvalue weighted by molar-refractivity contribution is 6.25. The number of carboxylic acids is 1. The smallest absolute Gasteiger partial charge is 0.324 e. The van der Waals surface area contributed by atoms with E-state index in [1.54, 1.807) is 0 Å². The van der Waals surface area contributed by atoms with E-state index in [0.29, 0.717) is 24.9 Å². The Kier molecular flexibility index (Phi) is 8.55. The Bertz CT molecular complexity index is 1540. The molecule has 0 aromatic heterocycles. The van der Waals surface area contributed by atoms with E-state index in [2.05, 4.69) is 5.32 Å². The van der Waals surface area contributed by atoms with Gasteiger partial charge in [0, 0.05) is 6.04 Å². The predicted octanol–water partition coefficient (Wildman–Crippen LogP) is 7.23. The van der Waals surface area contributed by atoms with Crippen LogP contribution in [0.2, 0.25) is 0 Å². The molecule has 0 radical (unpaired) electrons. The second kappa shape index (κ2) is 12.5. The molecule has 6 heteroatoms. The molecule has 2 aliphatic heterocycles. The van der Waals surface area contributed by atoms with Crippen LogP contribution in [0.3, 0.4) is 0 Å². The Morgan fingerprint density at radius 1 is 0.841 bits per heavy atom. The van der Waals surface area contributed by atoms with Crippen LogP contribution < -0.4 is 10.2 Å². The number of aryl methyl sites for hydroxylation is 2. The molecule has 4 atom stereocenters. The fourth-order valence-corrected chi connectivity index (χ4v) is 7.90. The number of para-hydroxylation sites is 1. The third kappa shape index (κ3) is 5.30. The zero-order chi connectivity index (χ0) is 30.8. The number of imide groups is 1. The SMILES string of the molecule is CCc1cccc(CC)c1N1C(=O)C2C(c3ccc(/C=C/c4ccccc4)cc3)NC(CC3CCCCC3)(C(=O)O)C2C1=O. The number of benzene rings is 3. The van der Waals surface area contributed by atoms with Gasteiger partial charge in [-0.05, 0) is 53.0 Å². The van der Waals surface area contributed by atoms with Crippen molar-refractivity contribution in [1.82, 2.24) is 5.32 Å². The topological polar surface area (TPSA) is 86.7 Å². The lowest BCUT2D eigenvalue weighted by Gasteiger charge is -2.36. The molecule has 1 saturated carbocycles. The molecule has 1 aliphatic carbocycles. The normalized spacial score (nSPS) is 25.6. The number of anilines is 1. The highest BCUT2D eigenvalue weighted by atomic mass is 16.4. The van der Waals surface area contributed by atoms with Gasteiger partial charge in [-0.1, -0.05) is 131 Å². The van der Waals surface area contributed by atoms with Crippen LogP contribution in [0.5, 0.6) is 0 Å². The quantitative estimate of drug-likeness (QED) is 0.203. The third-order valence-corrected chi connectivity index (χ3v) is 10.1. The van der Waals surface area contributed by atoms with Crippen LogP contribution in [0.15, 0.2) is 72.8 Å². The Morgan fingerprint density at radius 3 is 2.05 bits per heavy atom. The van der Waals surface area contributed by atoms with Crippen LogP contribution in [0, 0.1) is 17.8 Å². The molecule has 2 amide bonds. The fraction of sp³-hybridized carbons (Fsp3) is 0.395. The maximum absolute atomic E-state index is 14.5. The minimum absolute atomic E-state index is 0.198. The summed E-state index contributed by atoms with van der Waals surface area (Å²) < 4.78 is 0. The van der Waals surface area contributed by atoms with Crippen molar-refractivity contribution in [2.45, 2.75) is 76.8 Å². The van der Waals surface area contributed by atoms with Crippen LogP contribution in [0.25, 0.3) is 12.2 Å². The standard InChI is InChI=1S/C38H42N2O4/c1-3-28-16-11-17-29(4-2)34(28)40-35(41)31-32(36(40)42)38(37(43)44,24-27-14-9-6-10-15-27)39-33(31)30-22-20-26(21-23-30)19-18-25-12-7-5-8-13-25/h5,7-8,11-13,16-23,27,31-33,39H,3-4,6,9-10,14-15,24H2,1-2H3,(H,43,44)/b19-18+. The Labute approximate surface area is 260 Å². The highest BCUT2D eigenvalue weighted by Gasteiger charge is 2.69. The molecule has 3 aromatic carbocycles. The van der Waals surface area contributed by atoms with Crippen molar-refractivity contribution in [3.8, 4) is 0 Å². The summed E-state index contributed by atoms with van der Waals surface area (Å²) in [7, 11) is 0. The first-order valence-corrected chi connectivity index (χ1v) is 16.2. The first-order valence-electron chi connectivity index (χ1n) is 16.2. The minimum atomic E-state index is -1.52. The molecule has 3 aliphatic rings. The third-order valence-electron chi connectivity index (χ3n) is 10.1. The summed E-state index contributed by atoms with van der Waals surface area (Å²) in [5.74, 6) is -3.30. The van der Waals surface area contributed by atoms with Gasteiger partial charge in [-0.15, -0.1) is 0 Å². The van der Waals surface area contributed by atoms with E-state index in [1.807, 2.05) is 98.8 Å². The first-order chi connectivity index (χ1) is 21.4. The number of carboxylic acid groups (broad SMARTS) is 1. The lowest BCUT2D eigenvalue weighted by Crippen LogP contribution is -2.57. The summed E-state index contributed by atoms with van der Waals surface area (Å²) in [5, 5.41) is 14.4. The van der Waals surface area contributed by atoms with Crippen molar-refractivity contribution in [3.63, 3.8) is 0 Å². The average molecular weight is 591 g/mol. The monoisotopic (exact) mass is 590 g/mol. The van der Waals surface area contributed by atoms with Crippen molar-refractivity contribution in [2.24, 2.45) is 17.8 Å². The predicted molar refractivity (Wildman–Crippen MR) is 174 cm³/mol. The zero-order valence-electron chi connectivity index (χ0n) is 25.7. The van der Waals surface area contributed by atoms with Crippen LogP contribution >= 0.6 is 0 Å². The van der Waals surface area contributed by atoms with Crippen LogP contribution in [0.1, 0.15) is 86.2 Å². The van der Waals surface area contributed by atoms with Crippen molar-refractivity contribution in [3.05, 3.63) is 101 Å². The van der Waals surface area contributed by atoms with Gasteiger partial charge in [0.15, 0.2) is 0 Å². The molecule has 0 bridgehead atoms. The molecule has 6 rings (SSSR count). The number of hydrogen-bond acceptors (Lipinski definition) is 4. The molecule has 2 heterocycles. The van der Waals surface area contributed by atoms with E-state index in [4.69, 9.17) is 0 Å². The van der Waals surface area contributed by atoms with E-state index in [1.165, 1.54) is 4.90 Å². The molecular weight excluding hydrogens is 548 g/mol. The van der Waals surface area contributed by atoms with Crippen molar-refractivity contribution in [2.75, 3.05) is 4.90 Å². The van der Waals surface area contributed by atoms with Crippen LogP contribution in [-0.2, 0) is 27.2 Å². The number of amides is 2. The maximum atomic E-state index is 14.5. The van der Waals surface area contributed by atoms with Gasteiger partial charge in [-0.3, -0.25) is 19.7 Å². The highest BCUT2D eigenvalue weighted by Crippen LogP contribution is 2.53. The lowest BCUT2D eigenvalue weighted by atomic mass is 9.72. The lowest BCUT2D eigenvalue weighted by molar-refractivity contribution is -0.150. The fourth-order valence-electron chi connectivity index (χ4n) is 7.90. The number of carbonyl (C=O) groups is 3. The number of aliphatic carboxylic acids is 1. The first kappa shape index (κ1) is 30.0. The number of nitrogens with one attached hydrogen (secondary N) is 1.